The van der Waals surface area contributed by atoms with E-state index in [4.69, 9.17) is 9.84 Å². The molecule has 0 spiro atoms. The molecule has 0 aromatic rings. The molecule has 1 saturated heterocycles. The van der Waals surface area contributed by atoms with E-state index < -0.39 is 18.1 Å². The van der Waals surface area contributed by atoms with Gasteiger partial charge in [0.1, 0.15) is 6.04 Å². The van der Waals surface area contributed by atoms with Crippen LogP contribution in [0.4, 0.5) is 0 Å². The maximum absolute atomic E-state index is 10.6. The number of aliphatic carboxylic acids is 1. The van der Waals surface area contributed by atoms with E-state index in [1.165, 1.54) is 7.11 Å². The van der Waals surface area contributed by atoms with E-state index >= 15 is 0 Å². The quantitative estimate of drug-likeness (QED) is 0.605. The number of carbonyl (C=O) groups is 1. The third-order valence-corrected chi connectivity index (χ3v) is 2.47. The van der Waals surface area contributed by atoms with Crippen LogP contribution in [0.25, 0.3) is 0 Å². The van der Waals surface area contributed by atoms with E-state index in [0.29, 0.717) is 13.1 Å². The monoisotopic (exact) mass is 189 g/mol. The molecule has 0 aromatic heterocycles. The molecule has 3 atom stereocenters. The summed E-state index contributed by atoms with van der Waals surface area (Å²) < 4.78 is 5.00. The molecule has 0 bridgehead atoms. The zero-order valence-electron chi connectivity index (χ0n) is 7.80. The number of hydrogen-bond acceptors (Lipinski definition) is 4. The SMILES string of the molecule is CO[C@@H]1CN([C@@H](C)C(=O)O)C[C@H]1O. The van der Waals surface area contributed by atoms with Gasteiger partial charge in [0, 0.05) is 20.2 Å². The molecule has 1 aliphatic heterocycles. The van der Waals surface area contributed by atoms with E-state index in [1.807, 2.05) is 0 Å². The van der Waals surface area contributed by atoms with Crippen molar-refractivity contribution in [1.82, 2.24) is 4.90 Å². The molecule has 13 heavy (non-hydrogen) atoms. The normalized spacial score (nSPS) is 31.9. The van der Waals surface area contributed by atoms with Gasteiger partial charge in [-0.05, 0) is 6.92 Å². The lowest BCUT2D eigenvalue weighted by Crippen LogP contribution is -2.38. The molecule has 0 radical (unpaired) electrons. The number of aliphatic hydroxyl groups is 1. The van der Waals surface area contributed by atoms with Crippen molar-refractivity contribution in [2.45, 2.75) is 25.2 Å². The van der Waals surface area contributed by atoms with Gasteiger partial charge in [-0.3, -0.25) is 9.69 Å². The van der Waals surface area contributed by atoms with Crippen molar-refractivity contribution in [1.29, 1.82) is 0 Å². The van der Waals surface area contributed by atoms with Crippen LogP contribution in [0.5, 0.6) is 0 Å². The van der Waals surface area contributed by atoms with Gasteiger partial charge in [-0.15, -0.1) is 0 Å². The zero-order valence-corrected chi connectivity index (χ0v) is 7.80. The number of β-amino-alcohol motifs (C(OH)–C–C–N with tert-alkyl or cyclic N) is 1. The average molecular weight is 189 g/mol. The fraction of sp³-hybridized carbons (Fsp3) is 0.875. The number of aliphatic hydroxyl groups excluding tert-OH is 1. The van der Waals surface area contributed by atoms with Gasteiger partial charge in [-0.2, -0.15) is 0 Å². The Balaban J connectivity index is 2.52. The maximum Gasteiger partial charge on any atom is 0.320 e. The molecule has 0 aromatic carbocycles. The Morgan fingerprint density at radius 2 is 2.23 bits per heavy atom. The van der Waals surface area contributed by atoms with Gasteiger partial charge in [0.25, 0.3) is 0 Å². The fourth-order valence-corrected chi connectivity index (χ4v) is 1.49. The Labute approximate surface area is 76.9 Å². The van der Waals surface area contributed by atoms with Gasteiger partial charge in [0.05, 0.1) is 12.2 Å². The number of nitrogens with zero attached hydrogens (tertiary/aromatic N) is 1. The van der Waals surface area contributed by atoms with Crippen LogP contribution in [-0.2, 0) is 9.53 Å². The molecule has 0 saturated carbocycles. The van der Waals surface area contributed by atoms with E-state index in [2.05, 4.69) is 0 Å². The minimum Gasteiger partial charge on any atom is -0.480 e. The van der Waals surface area contributed by atoms with Crippen molar-refractivity contribution >= 4 is 5.97 Å². The first-order valence-corrected chi connectivity index (χ1v) is 4.24. The smallest absolute Gasteiger partial charge is 0.320 e. The first kappa shape index (κ1) is 10.4. The van der Waals surface area contributed by atoms with Crippen molar-refractivity contribution in [3.05, 3.63) is 0 Å². The van der Waals surface area contributed by atoms with Gasteiger partial charge in [-0.25, -0.2) is 0 Å². The first-order valence-electron chi connectivity index (χ1n) is 4.24. The molecular formula is C8H15NO4. The molecule has 0 unspecified atom stereocenters. The standard InChI is InChI=1S/C8H15NO4/c1-5(8(11)12)9-3-6(10)7(4-9)13-2/h5-7,10H,3-4H2,1-2H3,(H,11,12)/t5-,6+,7+/m0/s1. The number of ether oxygens (including phenoxy) is 1. The van der Waals surface area contributed by atoms with Gasteiger partial charge in [0.15, 0.2) is 0 Å². The van der Waals surface area contributed by atoms with Crippen molar-refractivity contribution in [2.75, 3.05) is 20.2 Å². The predicted octanol–water partition coefficient (Wildman–Crippen LogP) is -0.849. The van der Waals surface area contributed by atoms with Gasteiger partial charge >= 0.3 is 5.97 Å². The number of carboxylic acids is 1. The summed E-state index contributed by atoms with van der Waals surface area (Å²) in [5.41, 5.74) is 0. The highest BCUT2D eigenvalue weighted by Crippen LogP contribution is 2.15. The molecule has 5 nitrogen and oxygen atoms in total. The topological polar surface area (TPSA) is 70.0 Å². The number of methoxy groups -OCH3 is 1. The second-order valence-electron chi connectivity index (χ2n) is 3.31. The number of hydrogen-bond donors (Lipinski definition) is 2. The molecular weight excluding hydrogens is 174 g/mol. The highest BCUT2D eigenvalue weighted by Gasteiger charge is 2.35. The third-order valence-electron chi connectivity index (χ3n) is 2.47. The van der Waals surface area contributed by atoms with Crippen LogP contribution >= 0.6 is 0 Å². The second-order valence-corrected chi connectivity index (χ2v) is 3.31. The molecule has 76 valence electrons. The summed E-state index contributed by atoms with van der Waals surface area (Å²) in [5, 5.41) is 18.2. The minimum absolute atomic E-state index is 0.262. The molecule has 1 aliphatic rings. The number of rotatable bonds is 3. The lowest BCUT2D eigenvalue weighted by atomic mass is 10.3. The molecule has 5 heteroatoms. The molecule has 0 amide bonds. The number of likely N-dealkylation sites (tertiary alicyclic amines) is 1. The summed E-state index contributed by atoms with van der Waals surface area (Å²) in [4.78, 5) is 12.3. The first-order chi connectivity index (χ1) is 6.06. The van der Waals surface area contributed by atoms with Crippen LogP contribution in [0.1, 0.15) is 6.92 Å². The van der Waals surface area contributed by atoms with E-state index in [9.17, 15) is 9.90 Å². The summed E-state index contributed by atoms with van der Waals surface area (Å²) in [7, 11) is 1.52. The molecule has 1 fully saturated rings. The summed E-state index contributed by atoms with van der Waals surface area (Å²) >= 11 is 0. The van der Waals surface area contributed by atoms with Crippen LogP contribution in [0, 0.1) is 0 Å². The Morgan fingerprint density at radius 3 is 2.62 bits per heavy atom. The fourth-order valence-electron chi connectivity index (χ4n) is 1.49. The molecule has 0 aliphatic carbocycles. The van der Waals surface area contributed by atoms with E-state index in [0.717, 1.165) is 0 Å². The lowest BCUT2D eigenvalue weighted by molar-refractivity contribution is -0.142. The van der Waals surface area contributed by atoms with Crippen LogP contribution in [0.15, 0.2) is 0 Å². The summed E-state index contributed by atoms with van der Waals surface area (Å²) in [6, 6.07) is -0.560. The third kappa shape index (κ3) is 2.18. The largest absolute Gasteiger partial charge is 0.480 e. The Kier molecular flexibility index (Phi) is 3.24. The lowest BCUT2D eigenvalue weighted by Gasteiger charge is -2.19. The van der Waals surface area contributed by atoms with Crippen molar-refractivity contribution < 1.29 is 19.7 Å². The second kappa shape index (κ2) is 4.04. The maximum atomic E-state index is 10.6. The summed E-state index contributed by atoms with van der Waals surface area (Å²) in [6.45, 7) is 2.45. The van der Waals surface area contributed by atoms with Crippen molar-refractivity contribution in [3.8, 4) is 0 Å². The summed E-state index contributed by atoms with van der Waals surface area (Å²) in [6.07, 6.45) is -0.839. The van der Waals surface area contributed by atoms with Gasteiger partial charge in [0.2, 0.25) is 0 Å². The zero-order chi connectivity index (χ0) is 10.0. The van der Waals surface area contributed by atoms with E-state index in [-0.39, 0.29) is 6.10 Å². The van der Waals surface area contributed by atoms with Crippen LogP contribution in [0.3, 0.4) is 0 Å². The minimum atomic E-state index is -0.871. The molecule has 1 rings (SSSR count). The van der Waals surface area contributed by atoms with Gasteiger partial charge in [-0.1, -0.05) is 0 Å². The Hall–Kier alpha value is -0.650. The predicted molar refractivity (Wildman–Crippen MR) is 45.5 cm³/mol. The van der Waals surface area contributed by atoms with Crippen molar-refractivity contribution in [3.63, 3.8) is 0 Å². The van der Waals surface area contributed by atoms with Crippen LogP contribution < -0.4 is 0 Å². The highest BCUT2D eigenvalue weighted by molar-refractivity contribution is 5.72. The van der Waals surface area contributed by atoms with Crippen molar-refractivity contribution in [2.24, 2.45) is 0 Å². The summed E-state index contributed by atoms with van der Waals surface area (Å²) in [5.74, 6) is -0.871. The van der Waals surface area contributed by atoms with E-state index in [1.54, 1.807) is 11.8 Å². The Morgan fingerprint density at radius 1 is 1.62 bits per heavy atom. The van der Waals surface area contributed by atoms with Gasteiger partial charge < -0.3 is 14.9 Å². The average Bonchev–Trinajstić information content (AvgIpc) is 2.45. The Bertz CT molecular complexity index is 197. The number of carboxylic acid groups (broad SMARTS) is 1. The van der Waals surface area contributed by atoms with Crippen LogP contribution in [0.2, 0.25) is 0 Å². The highest BCUT2D eigenvalue weighted by atomic mass is 16.5. The van der Waals surface area contributed by atoms with Crippen LogP contribution in [-0.4, -0.2) is 59.5 Å². The molecule has 2 N–H and O–H groups in total. The molecule has 1 heterocycles.